The van der Waals surface area contributed by atoms with Gasteiger partial charge in [-0.3, -0.25) is 24.4 Å². The van der Waals surface area contributed by atoms with Gasteiger partial charge < -0.3 is 4.90 Å². The molecule has 1 aromatic rings. The van der Waals surface area contributed by atoms with Gasteiger partial charge in [0.2, 0.25) is 11.8 Å². The van der Waals surface area contributed by atoms with Gasteiger partial charge in [0.15, 0.2) is 0 Å². The Morgan fingerprint density at radius 3 is 2.84 bits per heavy atom. The molecule has 1 aliphatic heterocycles. The second kappa shape index (κ2) is 4.83. The summed E-state index contributed by atoms with van der Waals surface area (Å²) < 4.78 is 1.57. The Bertz CT molecular complexity index is 549. The molecule has 2 rings (SSSR count). The molecule has 1 N–H and O–H groups in total. The summed E-state index contributed by atoms with van der Waals surface area (Å²) in [6.07, 6.45) is 0. The van der Waals surface area contributed by atoms with Gasteiger partial charge >= 0.3 is 0 Å². The minimum atomic E-state index is -0.661. The van der Waals surface area contributed by atoms with Gasteiger partial charge in [0, 0.05) is 6.54 Å². The zero-order chi connectivity index (χ0) is 14.2. The lowest BCUT2D eigenvalue weighted by Crippen LogP contribution is -2.58. The van der Waals surface area contributed by atoms with E-state index in [1.165, 1.54) is 4.90 Å². The Kier molecular flexibility index (Phi) is 3.37. The Hall–Kier alpha value is -2.18. The van der Waals surface area contributed by atoms with Crippen LogP contribution in [-0.4, -0.2) is 45.0 Å². The first kappa shape index (κ1) is 13.3. The van der Waals surface area contributed by atoms with Crippen LogP contribution in [-0.2, 0) is 16.1 Å². The van der Waals surface area contributed by atoms with Crippen molar-refractivity contribution in [1.29, 1.82) is 0 Å². The van der Waals surface area contributed by atoms with E-state index in [9.17, 15) is 14.4 Å². The number of nitrogens with zero attached hydrogens (tertiary/aromatic N) is 3. The van der Waals surface area contributed by atoms with Crippen LogP contribution in [0.3, 0.4) is 0 Å². The van der Waals surface area contributed by atoms with E-state index in [4.69, 9.17) is 0 Å². The lowest BCUT2D eigenvalue weighted by Gasteiger charge is -2.31. The monoisotopic (exact) mass is 264 g/mol. The number of aromatic nitrogens is 2. The van der Waals surface area contributed by atoms with E-state index >= 15 is 0 Å². The fourth-order valence-electron chi connectivity index (χ4n) is 2.07. The predicted octanol–water partition coefficient (Wildman–Crippen LogP) is -0.301. The van der Waals surface area contributed by atoms with Crippen LogP contribution in [0.4, 0.5) is 0 Å². The number of imide groups is 1. The lowest BCUT2D eigenvalue weighted by molar-refractivity contribution is -0.138. The van der Waals surface area contributed by atoms with Crippen LogP contribution < -0.4 is 5.32 Å². The van der Waals surface area contributed by atoms with E-state index in [-0.39, 0.29) is 12.5 Å². The number of rotatable bonds is 2. The molecule has 0 radical (unpaired) electrons. The Morgan fingerprint density at radius 1 is 1.53 bits per heavy atom. The van der Waals surface area contributed by atoms with Crippen molar-refractivity contribution in [2.24, 2.45) is 0 Å². The summed E-state index contributed by atoms with van der Waals surface area (Å²) in [5.41, 5.74) is 1.12. The van der Waals surface area contributed by atoms with Crippen LogP contribution >= 0.6 is 0 Å². The number of carbonyl (C=O) groups is 3. The maximum absolute atomic E-state index is 12.4. The molecule has 1 aliphatic rings. The molecule has 0 spiro atoms. The Balaban J connectivity index is 2.32. The molecule has 102 valence electrons. The minimum absolute atomic E-state index is 0.111. The van der Waals surface area contributed by atoms with Gasteiger partial charge in [0.25, 0.3) is 5.91 Å². The van der Waals surface area contributed by atoms with Crippen molar-refractivity contribution in [1.82, 2.24) is 20.0 Å². The predicted molar refractivity (Wildman–Crippen MR) is 66.3 cm³/mol. The minimum Gasteiger partial charge on any atom is -0.316 e. The molecule has 0 aliphatic carbocycles. The molecule has 3 amide bonds. The highest BCUT2D eigenvalue weighted by atomic mass is 16.2. The van der Waals surface area contributed by atoms with E-state index in [1.54, 1.807) is 24.6 Å². The summed E-state index contributed by atoms with van der Waals surface area (Å²) in [4.78, 5) is 36.6. The normalized spacial score (nSPS) is 19.5. The number of carbonyl (C=O) groups excluding carboxylic acids is 3. The third-order valence-electron chi connectivity index (χ3n) is 3.11. The molecule has 0 saturated carbocycles. The van der Waals surface area contributed by atoms with Crippen molar-refractivity contribution in [2.75, 3.05) is 6.54 Å². The van der Waals surface area contributed by atoms with Crippen LogP contribution in [0.5, 0.6) is 0 Å². The fraction of sp³-hybridized carbons (Fsp3) is 0.500. The number of nitrogens with one attached hydrogen (secondary N) is 1. The molecule has 7 heteroatoms. The highest BCUT2D eigenvalue weighted by Crippen LogP contribution is 2.13. The quantitative estimate of drug-likeness (QED) is 0.743. The van der Waals surface area contributed by atoms with Crippen LogP contribution in [0.15, 0.2) is 6.07 Å². The SMILES string of the molecule is CCn1nc(C)cc1C(=O)N1CC(=O)NC(=O)C1C. The Labute approximate surface area is 110 Å². The van der Waals surface area contributed by atoms with E-state index in [0.29, 0.717) is 12.2 Å². The third-order valence-corrected chi connectivity index (χ3v) is 3.11. The fourth-order valence-corrected chi connectivity index (χ4v) is 2.07. The van der Waals surface area contributed by atoms with Gasteiger partial charge in [-0.2, -0.15) is 5.10 Å². The summed E-state index contributed by atoms with van der Waals surface area (Å²) in [6.45, 7) is 5.71. The molecule has 0 bridgehead atoms. The van der Waals surface area contributed by atoms with Gasteiger partial charge in [0.05, 0.1) is 5.69 Å². The second-order valence-corrected chi connectivity index (χ2v) is 4.51. The maximum atomic E-state index is 12.4. The van der Waals surface area contributed by atoms with Gasteiger partial charge in [-0.05, 0) is 26.8 Å². The smallest absolute Gasteiger partial charge is 0.273 e. The molecule has 7 nitrogen and oxygen atoms in total. The molecule has 1 aromatic heterocycles. The van der Waals surface area contributed by atoms with Crippen LogP contribution in [0, 0.1) is 6.92 Å². The highest BCUT2D eigenvalue weighted by molar-refractivity contribution is 6.06. The van der Waals surface area contributed by atoms with Crippen molar-refractivity contribution in [3.63, 3.8) is 0 Å². The largest absolute Gasteiger partial charge is 0.316 e. The summed E-state index contributed by atoms with van der Waals surface area (Å²) in [5, 5.41) is 6.40. The number of hydrogen-bond donors (Lipinski definition) is 1. The number of hydrogen-bond acceptors (Lipinski definition) is 4. The first-order valence-corrected chi connectivity index (χ1v) is 6.13. The highest BCUT2D eigenvalue weighted by Gasteiger charge is 2.35. The van der Waals surface area contributed by atoms with Gasteiger partial charge in [-0.15, -0.1) is 0 Å². The van der Waals surface area contributed by atoms with Gasteiger partial charge in [-0.25, -0.2) is 0 Å². The number of aryl methyl sites for hydroxylation is 2. The molecular formula is C12H16N4O3. The van der Waals surface area contributed by atoms with Crippen LogP contribution in [0.25, 0.3) is 0 Å². The molecule has 1 atom stereocenters. The molecular weight excluding hydrogens is 248 g/mol. The molecule has 2 heterocycles. The molecule has 1 saturated heterocycles. The summed E-state index contributed by atoms with van der Waals surface area (Å²) >= 11 is 0. The van der Waals surface area contributed by atoms with Gasteiger partial charge in [-0.1, -0.05) is 0 Å². The average Bonchev–Trinajstić information content (AvgIpc) is 2.74. The first-order chi connectivity index (χ1) is 8.93. The first-order valence-electron chi connectivity index (χ1n) is 6.13. The lowest BCUT2D eigenvalue weighted by atomic mass is 10.2. The van der Waals surface area contributed by atoms with Crippen LogP contribution in [0.1, 0.15) is 30.0 Å². The van der Waals surface area contributed by atoms with Crippen molar-refractivity contribution in [3.05, 3.63) is 17.5 Å². The van der Waals surface area contributed by atoms with E-state index in [2.05, 4.69) is 10.4 Å². The zero-order valence-electron chi connectivity index (χ0n) is 11.1. The molecule has 1 fully saturated rings. The summed E-state index contributed by atoms with van der Waals surface area (Å²) in [6, 6.07) is 1.00. The number of piperazine rings is 1. The van der Waals surface area contributed by atoms with Crippen LogP contribution in [0.2, 0.25) is 0 Å². The Morgan fingerprint density at radius 2 is 2.21 bits per heavy atom. The van der Waals surface area contributed by atoms with Crippen molar-refractivity contribution >= 4 is 17.7 Å². The zero-order valence-corrected chi connectivity index (χ0v) is 11.1. The average molecular weight is 264 g/mol. The maximum Gasteiger partial charge on any atom is 0.273 e. The topological polar surface area (TPSA) is 84.3 Å². The molecule has 19 heavy (non-hydrogen) atoms. The summed E-state index contributed by atoms with van der Waals surface area (Å²) in [5.74, 6) is -1.27. The van der Waals surface area contributed by atoms with E-state index in [0.717, 1.165) is 5.69 Å². The van der Waals surface area contributed by atoms with E-state index < -0.39 is 17.9 Å². The van der Waals surface area contributed by atoms with Crippen molar-refractivity contribution in [3.8, 4) is 0 Å². The second-order valence-electron chi connectivity index (χ2n) is 4.51. The van der Waals surface area contributed by atoms with Crippen molar-refractivity contribution in [2.45, 2.75) is 33.4 Å². The molecule has 0 aromatic carbocycles. The van der Waals surface area contributed by atoms with Gasteiger partial charge in [0.1, 0.15) is 18.3 Å². The van der Waals surface area contributed by atoms with Crippen molar-refractivity contribution < 1.29 is 14.4 Å². The van der Waals surface area contributed by atoms with E-state index in [1.807, 2.05) is 6.92 Å². The number of amides is 3. The third kappa shape index (κ3) is 2.35. The standard InChI is InChI=1S/C12H16N4O3/c1-4-16-9(5-7(2)14-16)12(19)15-6-10(17)13-11(18)8(15)3/h5,8H,4,6H2,1-3H3,(H,13,17,18). The summed E-state index contributed by atoms with van der Waals surface area (Å²) in [7, 11) is 0. The molecule has 1 unspecified atom stereocenters.